The summed E-state index contributed by atoms with van der Waals surface area (Å²) in [5, 5.41) is 11.9. The van der Waals surface area contributed by atoms with Crippen LogP contribution in [-0.2, 0) is 6.42 Å². The summed E-state index contributed by atoms with van der Waals surface area (Å²) in [6.45, 7) is 1.86. The van der Waals surface area contributed by atoms with Crippen LogP contribution in [0.5, 0.6) is 0 Å². The van der Waals surface area contributed by atoms with Crippen LogP contribution in [0.2, 0.25) is 0 Å². The zero-order valence-corrected chi connectivity index (χ0v) is 14.5. The largest absolute Gasteiger partial charge is 0.544 e. The van der Waals surface area contributed by atoms with Gasteiger partial charge in [0.25, 0.3) is 0 Å². The monoisotopic (exact) mass is 352 g/mol. The van der Waals surface area contributed by atoms with Crippen molar-refractivity contribution in [3.8, 4) is 0 Å². The predicted molar refractivity (Wildman–Crippen MR) is 96.8 cm³/mol. The van der Waals surface area contributed by atoms with Crippen LogP contribution in [0.25, 0.3) is 10.2 Å². The first-order chi connectivity index (χ1) is 12.2. The Kier molecular flexibility index (Phi) is 4.36. The van der Waals surface area contributed by atoms with E-state index in [-0.39, 0.29) is 4.88 Å². The molecule has 25 heavy (non-hydrogen) atoms. The van der Waals surface area contributed by atoms with Crippen molar-refractivity contribution < 1.29 is 9.90 Å². The van der Waals surface area contributed by atoms with Gasteiger partial charge in [-0.05, 0) is 36.8 Å². The molecule has 0 atom stereocenters. The first-order valence-corrected chi connectivity index (χ1v) is 9.27. The summed E-state index contributed by atoms with van der Waals surface area (Å²) < 4.78 is 0. The van der Waals surface area contributed by atoms with Crippen LogP contribution in [0.1, 0.15) is 28.1 Å². The number of nitrogens with zero attached hydrogens (tertiary/aromatic N) is 3. The highest BCUT2D eigenvalue weighted by atomic mass is 32.1. The van der Waals surface area contributed by atoms with Gasteiger partial charge < -0.3 is 14.8 Å². The maximum atomic E-state index is 11.1. The molecule has 1 fully saturated rings. The molecule has 0 aliphatic carbocycles. The van der Waals surface area contributed by atoms with E-state index in [1.165, 1.54) is 11.9 Å². The number of benzene rings is 1. The van der Waals surface area contributed by atoms with Crippen molar-refractivity contribution in [3.63, 3.8) is 0 Å². The number of carboxylic acids is 1. The van der Waals surface area contributed by atoms with Gasteiger partial charge in [-0.3, -0.25) is 0 Å². The molecule has 3 aromatic rings. The topological polar surface area (TPSA) is 69.2 Å². The highest BCUT2D eigenvalue weighted by Crippen LogP contribution is 2.32. The van der Waals surface area contributed by atoms with Gasteiger partial charge in [-0.15, -0.1) is 11.3 Å². The van der Waals surface area contributed by atoms with Gasteiger partial charge in [0, 0.05) is 13.1 Å². The summed E-state index contributed by atoms with van der Waals surface area (Å²) >= 11 is 1.15. The second kappa shape index (κ2) is 6.80. The van der Waals surface area contributed by atoms with E-state index in [2.05, 4.69) is 39.1 Å². The minimum Gasteiger partial charge on any atom is -0.544 e. The van der Waals surface area contributed by atoms with Crippen LogP contribution in [-0.4, -0.2) is 29.0 Å². The Morgan fingerprint density at radius 1 is 1.20 bits per heavy atom. The molecular weight excluding hydrogens is 334 g/mol. The van der Waals surface area contributed by atoms with E-state index in [9.17, 15) is 9.90 Å². The molecule has 128 valence electrons. The number of hydrogen-bond acceptors (Lipinski definition) is 6. The fourth-order valence-corrected chi connectivity index (χ4v) is 4.32. The van der Waals surface area contributed by atoms with Gasteiger partial charge in [0.2, 0.25) is 0 Å². The summed E-state index contributed by atoms with van der Waals surface area (Å²) in [6, 6.07) is 12.2. The fourth-order valence-electron chi connectivity index (χ4n) is 3.49. The standard InChI is InChI=1S/C19H19N3O2S/c23-19(24)16-11-15-17(20-12-21-18(15)25-16)22-8-6-14(7-9-22)10-13-4-2-1-3-5-13/h1-5,11-12,14H,6-10H2,(H,23,24)/p-1. The second-order valence-corrected chi connectivity index (χ2v) is 7.47. The molecule has 0 unspecified atom stereocenters. The van der Waals surface area contributed by atoms with Gasteiger partial charge in [0.1, 0.15) is 17.0 Å². The third kappa shape index (κ3) is 3.35. The summed E-state index contributed by atoms with van der Waals surface area (Å²) in [7, 11) is 0. The first-order valence-electron chi connectivity index (χ1n) is 8.45. The molecule has 3 heterocycles. The molecule has 0 bridgehead atoms. The third-order valence-electron chi connectivity index (χ3n) is 4.79. The number of aromatic carboxylic acids is 1. The molecule has 6 heteroatoms. The molecule has 0 spiro atoms. The number of carbonyl (C=O) groups is 1. The Hall–Kier alpha value is -2.47. The smallest absolute Gasteiger partial charge is 0.140 e. The van der Waals surface area contributed by atoms with Crippen molar-refractivity contribution in [2.24, 2.45) is 5.92 Å². The maximum Gasteiger partial charge on any atom is 0.140 e. The Morgan fingerprint density at radius 2 is 1.96 bits per heavy atom. The quantitative estimate of drug-likeness (QED) is 0.722. The molecule has 1 aliphatic rings. The van der Waals surface area contributed by atoms with Crippen molar-refractivity contribution in [2.75, 3.05) is 18.0 Å². The minimum absolute atomic E-state index is 0.204. The molecule has 4 rings (SSSR count). The molecule has 1 saturated heterocycles. The van der Waals surface area contributed by atoms with E-state index in [1.807, 2.05) is 6.07 Å². The summed E-state index contributed by atoms with van der Waals surface area (Å²) in [5.41, 5.74) is 1.39. The molecular formula is C19H18N3O2S-. The minimum atomic E-state index is -1.16. The molecule has 5 nitrogen and oxygen atoms in total. The molecule has 1 aliphatic heterocycles. The second-order valence-electron chi connectivity index (χ2n) is 6.43. The molecule has 0 saturated carbocycles. The molecule has 0 amide bonds. The van der Waals surface area contributed by atoms with Crippen molar-refractivity contribution in [1.29, 1.82) is 0 Å². The Labute approximate surface area is 150 Å². The van der Waals surface area contributed by atoms with E-state index in [0.717, 1.165) is 54.9 Å². The zero-order chi connectivity index (χ0) is 17.2. The van der Waals surface area contributed by atoms with E-state index in [0.29, 0.717) is 10.7 Å². The van der Waals surface area contributed by atoms with Crippen LogP contribution in [0.4, 0.5) is 5.82 Å². The van der Waals surface area contributed by atoms with Gasteiger partial charge in [0.05, 0.1) is 16.2 Å². The van der Waals surface area contributed by atoms with Crippen LogP contribution >= 0.6 is 11.3 Å². The van der Waals surface area contributed by atoms with Crippen molar-refractivity contribution in [1.82, 2.24) is 9.97 Å². The van der Waals surface area contributed by atoms with Gasteiger partial charge in [-0.2, -0.15) is 0 Å². The Bertz CT molecular complexity index is 886. The van der Waals surface area contributed by atoms with E-state index in [4.69, 9.17) is 0 Å². The Balaban J connectivity index is 1.49. The van der Waals surface area contributed by atoms with E-state index >= 15 is 0 Å². The lowest BCUT2D eigenvalue weighted by molar-refractivity contribution is -0.254. The van der Waals surface area contributed by atoms with Crippen molar-refractivity contribution in [3.05, 3.63) is 53.2 Å². The maximum absolute atomic E-state index is 11.1. The molecule has 1 aromatic carbocycles. The molecule has 2 aromatic heterocycles. The van der Waals surface area contributed by atoms with Gasteiger partial charge in [0.15, 0.2) is 0 Å². The first kappa shape index (κ1) is 16.0. The number of hydrogen-bond donors (Lipinski definition) is 0. The number of piperidine rings is 1. The number of rotatable bonds is 4. The lowest BCUT2D eigenvalue weighted by atomic mass is 9.90. The SMILES string of the molecule is O=C([O-])c1cc2c(N3CCC(Cc4ccccc4)CC3)ncnc2s1. The average molecular weight is 352 g/mol. The number of fused-ring (bicyclic) bond motifs is 1. The van der Waals surface area contributed by atoms with Crippen LogP contribution in [0, 0.1) is 5.92 Å². The summed E-state index contributed by atoms with van der Waals surface area (Å²) in [6.07, 6.45) is 4.85. The van der Waals surface area contributed by atoms with Gasteiger partial charge >= 0.3 is 0 Å². The van der Waals surface area contributed by atoms with Crippen molar-refractivity contribution >= 4 is 33.3 Å². The highest BCUT2D eigenvalue weighted by molar-refractivity contribution is 7.20. The van der Waals surface area contributed by atoms with Crippen LogP contribution in [0.3, 0.4) is 0 Å². The van der Waals surface area contributed by atoms with Gasteiger partial charge in [-0.25, -0.2) is 9.97 Å². The predicted octanol–water partition coefficient (Wildman–Crippen LogP) is 2.51. The van der Waals surface area contributed by atoms with E-state index in [1.54, 1.807) is 6.07 Å². The average Bonchev–Trinajstić information content (AvgIpc) is 3.08. The highest BCUT2D eigenvalue weighted by Gasteiger charge is 2.22. The number of carbonyl (C=O) groups excluding carboxylic acids is 1. The lowest BCUT2D eigenvalue weighted by Crippen LogP contribution is -2.35. The normalized spacial score (nSPS) is 15.6. The summed E-state index contributed by atoms with van der Waals surface area (Å²) in [4.78, 5) is 22.9. The zero-order valence-electron chi connectivity index (χ0n) is 13.7. The third-order valence-corrected chi connectivity index (χ3v) is 5.81. The van der Waals surface area contributed by atoms with Gasteiger partial charge in [-0.1, -0.05) is 30.3 Å². The van der Waals surface area contributed by atoms with Crippen molar-refractivity contribution in [2.45, 2.75) is 19.3 Å². The number of carboxylic acid groups (broad SMARTS) is 1. The Morgan fingerprint density at radius 3 is 2.68 bits per heavy atom. The summed E-state index contributed by atoms with van der Waals surface area (Å²) in [5.74, 6) is 0.361. The number of anilines is 1. The van der Waals surface area contributed by atoms with Crippen LogP contribution in [0.15, 0.2) is 42.7 Å². The number of aromatic nitrogens is 2. The number of thiophene rings is 1. The molecule has 0 N–H and O–H groups in total. The van der Waals surface area contributed by atoms with E-state index < -0.39 is 5.97 Å². The molecule has 0 radical (unpaired) electrons. The lowest BCUT2D eigenvalue weighted by Gasteiger charge is -2.33. The van der Waals surface area contributed by atoms with Crippen LogP contribution < -0.4 is 10.0 Å². The fraction of sp³-hybridized carbons (Fsp3) is 0.316.